The SMILES string of the molecule is CN(C)c1ccc(CCNC(=O)c2cc3ccccc3o2)cc1. The summed E-state index contributed by atoms with van der Waals surface area (Å²) in [5.41, 5.74) is 3.09. The van der Waals surface area contributed by atoms with E-state index in [1.54, 1.807) is 6.07 Å². The number of hydrogen-bond acceptors (Lipinski definition) is 3. The molecule has 3 rings (SSSR count). The molecule has 4 nitrogen and oxygen atoms in total. The van der Waals surface area contributed by atoms with Crippen LogP contribution in [0.15, 0.2) is 59.0 Å². The second-order valence-electron chi connectivity index (χ2n) is 5.72. The van der Waals surface area contributed by atoms with Gasteiger partial charge in [0.25, 0.3) is 5.91 Å². The summed E-state index contributed by atoms with van der Waals surface area (Å²) in [6.07, 6.45) is 0.791. The van der Waals surface area contributed by atoms with Crippen molar-refractivity contribution in [3.8, 4) is 0 Å². The molecule has 0 bridgehead atoms. The lowest BCUT2D eigenvalue weighted by Gasteiger charge is -2.12. The number of carbonyl (C=O) groups excluding carboxylic acids is 1. The number of furan rings is 1. The average Bonchev–Trinajstić information content (AvgIpc) is 2.99. The number of fused-ring (bicyclic) bond motifs is 1. The van der Waals surface area contributed by atoms with Crippen LogP contribution in [0.5, 0.6) is 0 Å². The van der Waals surface area contributed by atoms with Gasteiger partial charge in [-0.1, -0.05) is 30.3 Å². The number of nitrogens with one attached hydrogen (secondary N) is 1. The number of nitrogens with zero attached hydrogens (tertiary/aromatic N) is 1. The fraction of sp³-hybridized carbons (Fsp3) is 0.211. The highest BCUT2D eigenvalue weighted by atomic mass is 16.3. The highest BCUT2D eigenvalue weighted by molar-refractivity contribution is 5.96. The maximum absolute atomic E-state index is 12.1. The van der Waals surface area contributed by atoms with Crippen LogP contribution in [0.1, 0.15) is 16.1 Å². The summed E-state index contributed by atoms with van der Waals surface area (Å²) in [5, 5.41) is 3.84. The van der Waals surface area contributed by atoms with Gasteiger partial charge in [-0.25, -0.2) is 0 Å². The van der Waals surface area contributed by atoms with Gasteiger partial charge in [0.15, 0.2) is 5.76 Å². The highest BCUT2D eigenvalue weighted by Crippen LogP contribution is 2.18. The molecule has 0 saturated carbocycles. The summed E-state index contributed by atoms with van der Waals surface area (Å²) < 4.78 is 5.56. The molecule has 3 aromatic rings. The third-order valence-electron chi connectivity index (χ3n) is 3.80. The van der Waals surface area contributed by atoms with Crippen LogP contribution < -0.4 is 10.2 Å². The minimum atomic E-state index is -0.175. The standard InChI is InChI=1S/C19H20N2O2/c1-21(2)16-9-7-14(8-10-16)11-12-20-19(22)18-13-15-5-3-4-6-17(15)23-18/h3-10,13H,11-12H2,1-2H3,(H,20,22). The minimum Gasteiger partial charge on any atom is -0.451 e. The van der Waals surface area contributed by atoms with Crippen molar-refractivity contribution in [1.29, 1.82) is 0 Å². The molecule has 0 spiro atoms. The van der Waals surface area contributed by atoms with Crippen molar-refractivity contribution in [1.82, 2.24) is 5.32 Å². The summed E-state index contributed by atoms with van der Waals surface area (Å²) in [4.78, 5) is 14.2. The highest BCUT2D eigenvalue weighted by Gasteiger charge is 2.11. The van der Waals surface area contributed by atoms with Crippen molar-refractivity contribution in [2.75, 3.05) is 25.5 Å². The van der Waals surface area contributed by atoms with E-state index in [1.807, 2.05) is 38.4 Å². The molecule has 118 valence electrons. The summed E-state index contributed by atoms with van der Waals surface area (Å²) in [7, 11) is 4.03. The van der Waals surface area contributed by atoms with E-state index >= 15 is 0 Å². The number of anilines is 1. The van der Waals surface area contributed by atoms with Crippen LogP contribution in [0.3, 0.4) is 0 Å². The molecule has 0 saturated heterocycles. The fourth-order valence-corrected chi connectivity index (χ4v) is 2.46. The summed E-state index contributed by atoms with van der Waals surface area (Å²) >= 11 is 0. The maximum Gasteiger partial charge on any atom is 0.287 e. The van der Waals surface area contributed by atoms with Gasteiger partial charge < -0.3 is 14.6 Å². The molecule has 0 aliphatic heterocycles. The van der Waals surface area contributed by atoms with Crippen LogP contribution in [-0.4, -0.2) is 26.5 Å². The molecule has 2 aromatic carbocycles. The number of carbonyl (C=O) groups is 1. The Morgan fingerprint density at radius 3 is 2.52 bits per heavy atom. The second kappa shape index (κ2) is 6.57. The predicted molar refractivity (Wildman–Crippen MR) is 93.0 cm³/mol. The van der Waals surface area contributed by atoms with Crippen LogP contribution in [0, 0.1) is 0 Å². The average molecular weight is 308 g/mol. The van der Waals surface area contributed by atoms with E-state index in [-0.39, 0.29) is 5.91 Å². The molecule has 0 radical (unpaired) electrons. The van der Waals surface area contributed by atoms with Gasteiger partial charge >= 0.3 is 0 Å². The van der Waals surface area contributed by atoms with Crippen LogP contribution >= 0.6 is 0 Å². The van der Waals surface area contributed by atoms with Crippen molar-refractivity contribution in [2.45, 2.75) is 6.42 Å². The molecule has 0 atom stereocenters. The van der Waals surface area contributed by atoms with Gasteiger partial charge in [-0.2, -0.15) is 0 Å². The zero-order chi connectivity index (χ0) is 16.2. The van der Waals surface area contributed by atoms with Crippen molar-refractivity contribution in [3.05, 3.63) is 65.9 Å². The van der Waals surface area contributed by atoms with Gasteiger partial charge in [-0.05, 0) is 36.2 Å². The summed E-state index contributed by atoms with van der Waals surface area (Å²) in [5.74, 6) is 0.181. The Labute approximate surface area is 135 Å². The van der Waals surface area contributed by atoms with E-state index in [4.69, 9.17) is 4.42 Å². The number of benzene rings is 2. The number of para-hydroxylation sites is 1. The number of hydrogen-bond donors (Lipinski definition) is 1. The number of amides is 1. The molecular formula is C19H20N2O2. The van der Waals surface area contributed by atoms with Gasteiger partial charge in [0, 0.05) is 31.7 Å². The first-order valence-electron chi connectivity index (χ1n) is 7.66. The molecule has 4 heteroatoms. The maximum atomic E-state index is 12.1. The van der Waals surface area contributed by atoms with E-state index in [2.05, 4.69) is 34.5 Å². The third kappa shape index (κ3) is 3.54. The molecule has 1 heterocycles. The molecule has 0 fully saturated rings. The normalized spacial score (nSPS) is 10.7. The van der Waals surface area contributed by atoms with Crippen molar-refractivity contribution < 1.29 is 9.21 Å². The Kier molecular flexibility index (Phi) is 4.33. The molecule has 1 N–H and O–H groups in total. The lowest BCUT2D eigenvalue weighted by Crippen LogP contribution is -2.25. The van der Waals surface area contributed by atoms with E-state index < -0.39 is 0 Å². The van der Waals surface area contributed by atoms with Gasteiger partial charge in [-0.3, -0.25) is 4.79 Å². The van der Waals surface area contributed by atoms with Crippen molar-refractivity contribution in [2.24, 2.45) is 0 Å². The van der Waals surface area contributed by atoms with Crippen LogP contribution in [-0.2, 0) is 6.42 Å². The smallest absolute Gasteiger partial charge is 0.287 e. The fourth-order valence-electron chi connectivity index (χ4n) is 2.46. The van der Waals surface area contributed by atoms with E-state index in [9.17, 15) is 4.79 Å². The van der Waals surface area contributed by atoms with E-state index in [0.717, 1.165) is 17.4 Å². The monoisotopic (exact) mass is 308 g/mol. The quantitative estimate of drug-likeness (QED) is 0.785. The lowest BCUT2D eigenvalue weighted by atomic mass is 10.1. The zero-order valence-electron chi connectivity index (χ0n) is 13.4. The van der Waals surface area contributed by atoms with Gasteiger partial charge in [-0.15, -0.1) is 0 Å². The Hall–Kier alpha value is -2.75. The Morgan fingerprint density at radius 1 is 1.09 bits per heavy atom. The lowest BCUT2D eigenvalue weighted by molar-refractivity contribution is 0.0928. The molecule has 23 heavy (non-hydrogen) atoms. The van der Waals surface area contributed by atoms with Gasteiger partial charge in [0.05, 0.1) is 0 Å². The molecule has 1 amide bonds. The molecular weight excluding hydrogens is 288 g/mol. The number of rotatable bonds is 5. The van der Waals surface area contributed by atoms with E-state index in [0.29, 0.717) is 12.3 Å². The Balaban J connectivity index is 1.56. The zero-order valence-corrected chi connectivity index (χ0v) is 13.4. The Morgan fingerprint density at radius 2 is 1.83 bits per heavy atom. The Bertz CT molecular complexity index is 771. The first-order valence-corrected chi connectivity index (χ1v) is 7.66. The largest absolute Gasteiger partial charge is 0.451 e. The third-order valence-corrected chi connectivity index (χ3v) is 3.80. The van der Waals surface area contributed by atoms with Crippen LogP contribution in [0.4, 0.5) is 5.69 Å². The summed E-state index contributed by atoms with van der Waals surface area (Å²) in [6, 6.07) is 17.7. The predicted octanol–water partition coefficient (Wildman–Crippen LogP) is 3.47. The van der Waals surface area contributed by atoms with Gasteiger partial charge in [0.1, 0.15) is 5.58 Å². The van der Waals surface area contributed by atoms with Crippen molar-refractivity contribution in [3.63, 3.8) is 0 Å². The molecule has 1 aromatic heterocycles. The van der Waals surface area contributed by atoms with Crippen LogP contribution in [0.2, 0.25) is 0 Å². The molecule has 0 aliphatic carbocycles. The topological polar surface area (TPSA) is 45.5 Å². The molecule has 0 unspecified atom stereocenters. The van der Waals surface area contributed by atoms with E-state index in [1.165, 1.54) is 11.3 Å². The first-order chi connectivity index (χ1) is 11.1. The second-order valence-corrected chi connectivity index (χ2v) is 5.72. The minimum absolute atomic E-state index is 0.175. The molecule has 0 aliphatic rings. The van der Waals surface area contributed by atoms with Crippen LogP contribution in [0.25, 0.3) is 11.0 Å². The first kappa shape index (κ1) is 15.2. The van der Waals surface area contributed by atoms with Gasteiger partial charge in [0.2, 0.25) is 0 Å². The van der Waals surface area contributed by atoms with Crippen molar-refractivity contribution >= 4 is 22.6 Å². The summed E-state index contributed by atoms with van der Waals surface area (Å²) in [6.45, 7) is 0.581.